The summed E-state index contributed by atoms with van der Waals surface area (Å²) in [6.45, 7) is 1.59. The molecule has 2 N–H and O–H groups in total. The molecule has 8 heteroatoms. The highest BCUT2D eigenvalue weighted by Gasteiger charge is 2.51. The van der Waals surface area contributed by atoms with Crippen LogP contribution in [0, 0.1) is 0 Å². The van der Waals surface area contributed by atoms with Gasteiger partial charge in [-0.3, -0.25) is 9.22 Å². The van der Waals surface area contributed by atoms with E-state index in [2.05, 4.69) is 10.6 Å². The first-order valence-corrected chi connectivity index (χ1v) is 7.92. The van der Waals surface area contributed by atoms with Crippen molar-refractivity contribution in [3.8, 4) is 0 Å². The minimum atomic E-state index is -1.05. The molecule has 2 aliphatic heterocycles. The van der Waals surface area contributed by atoms with Crippen molar-refractivity contribution in [1.29, 1.82) is 0 Å². The van der Waals surface area contributed by atoms with Crippen molar-refractivity contribution in [2.75, 3.05) is 12.8 Å². The van der Waals surface area contributed by atoms with Gasteiger partial charge in [-0.25, -0.2) is 4.79 Å². The minimum absolute atomic E-state index is 0.121. The maximum atomic E-state index is 11.4. The number of hydroxylamine groups is 1. The van der Waals surface area contributed by atoms with E-state index in [-0.39, 0.29) is 6.54 Å². The quantitative estimate of drug-likeness (QED) is 0.771. The van der Waals surface area contributed by atoms with E-state index < -0.39 is 28.5 Å². The molecule has 3 rings (SSSR count). The fourth-order valence-corrected chi connectivity index (χ4v) is 2.94. The molecule has 2 aliphatic rings. The van der Waals surface area contributed by atoms with Crippen LogP contribution in [0.5, 0.6) is 0 Å². The van der Waals surface area contributed by atoms with Gasteiger partial charge in [-0.15, -0.1) is 5.48 Å². The van der Waals surface area contributed by atoms with Gasteiger partial charge >= 0.3 is 5.97 Å². The van der Waals surface area contributed by atoms with Crippen molar-refractivity contribution in [3.05, 3.63) is 29.8 Å². The van der Waals surface area contributed by atoms with E-state index in [4.69, 9.17) is 4.84 Å². The number of aliphatic hydroxyl groups is 1. The van der Waals surface area contributed by atoms with Gasteiger partial charge in [-0.1, -0.05) is 12.1 Å². The fraction of sp³-hybridized carbons (Fsp3) is 0.385. The number of hydrogen-bond acceptors (Lipinski definition) is 7. The standard InChI is InChI=1S/C13H15N3O4S/c1-13-11(8-3-5-9(6-4-8)21(2)19)14-16(12(13)18)7-10(17)20-15-13/h3-6,12,15,18H,7H2,1-2H3. The fourth-order valence-electron chi connectivity index (χ4n) is 2.42. The molecule has 0 saturated carbocycles. The number of aliphatic hydroxyl groups excluding tert-OH is 1. The van der Waals surface area contributed by atoms with Crippen molar-refractivity contribution in [2.24, 2.45) is 5.10 Å². The van der Waals surface area contributed by atoms with Gasteiger partial charge < -0.3 is 9.94 Å². The van der Waals surface area contributed by atoms with Crippen molar-refractivity contribution >= 4 is 22.5 Å². The minimum Gasteiger partial charge on any atom is -0.370 e. The molecule has 2 heterocycles. The molecule has 0 radical (unpaired) electrons. The number of carbonyl (C=O) groups is 1. The Balaban J connectivity index is 2.00. The zero-order chi connectivity index (χ0) is 15.2. The van der Waals surface area contributed by atoms with Crippen LogP contribution < -0.4 is 5.48 Å². The van der Waals surface area contributed by atoms with Gasteiger partial charge in [-0.2, -0.15) is 5.10 Å². The molecule has 3 atom stereocenters. The molecule has 1 aromatic carbocycles. The number of nitrogens with zero attached hydrogens (tertiary/aromatic N) is 2. The highest BCUT2D eigenvalue weighted by molar-refractivity contribution is 7.84. The summed E-state index contributed by atoms with van der Waals surface area (Å²) in [5.74, 6) is -0.502. The van der Waals surface area contributed by atoms with Gasteiger partial charge in [0.15, 0.2) is 6.23 Å². The average molecular weight is 309 g/mol. The first-order chi connectivity index (χ1) is 9.91. The first-order valence-electron chi connectivity index (χ1n) is 6.36. The van der Waals surface area contributed by atoms with Gasteiger partial charge in [0.2, 0.25) is 0 Å². The van der Waals surface area contributed by atoms with E-state index in [1.54, 1.807) is 37.4 Å². The van der Waals surface area contributed by atoms with Gasteiger partial charge in [0.05, 0.1) is 5.71 Å². The summed E-state index contributed by atoms with van der Waals surface area (Å²) in [5, 5.41) is 15.9. The number of hydrogen-bond donors (Lipinski definition) is 2. The maximum absolute atomic E-state index is 11.4. The van der Waals surface area contributed by atoms with Gasteiger partial charge in [0.25, 0.3) is 0 Å². The number of carbonyl (C=O) groups excluding carboxylic acids is 1. The van der Waals surface area contributed by atoms with Crippen molar-refractivity contribution in [3.63, 3.8) is 0 Å². The SMILES string of the molecule is CS(=O)c1ccc(C2=NN3CC(=O)ONC2(C)C3O)cc1. The van der Waals surface area contributed by atoms with Crippen LogP contribution in [0.15, 0.2) is 34.3 Å². The Hall–Kier alpha value is -1.77. The molecule has 21 heavy (non-hydrogen) atoms. The van der Waals surface area contributed by atoms with Crippen molar-refractivity contribution in [2.45, 2.75) is 23.6 Å². The predicted molar refractivity (Wildman–Crippen MR) is 75.7 cm³/mol. The van der Waals surface area contributed by atoms with E-state index in [1.165, 1.54) is 5.01 Å². The Bertz CT molecular complexity index is 645. The molecule has 2 bridgehead atoms. The molecule has 1 fully saturated rings. The van der Waals surface area contributed by atoms with Crippen LogP contribution in [-0.4, -0.2) is 50.6 Å². The highest BCUT2D eigenvalue weighted by atomic mass is 32.2. The summed E-state index contributed by atoms with van der Waals surface area (Å²) in [6, 6.07) is 7.08. The Morgan fingerprint density at radius 2 is 2.14 bits per heavy atom. The van der Waals surface area contributed by atoms with E-state index in [0.717, 1.165) is 5.56 Å². The predicted octanol–water partition coefficient (Wildman–Crippen LogP) is -0.418. The lowest BCUT2D eigenvalue weighted by Crippen LogP contribution is -2.56. The Labute approximate surface area is 124 Å². The lowest BCUT2D eigenvalue weighted by molar-refractivity contribution is -0.151. The van der Waals surface area contributed by atoms with E-state index in [9.17, 15) is 14.1 Å². The Kier molecular flexibility index (Phi) is 3.31. The molecule has 1 saturated heterocycles. The normalized spacial score (nSPS) is 29.7. The maximum Gasteiger partial charge on any atom is 0.346 e. The van der Waals surface area contributed by atoms with Crippen molar-refractivity contribution in [1.82, 2.24) is 10.5 Å². The molecule has 0 spiro atoms. The third kappa shape index (κ3) is 2.25. The molecule has 0 aliphatic carbocycles. The van der Waals surface area contributed by atoms with Crippen LogP contribution in [0.3, 0.4) is 0 Å². The molecule has 0 amide bonds. The molecule has 3 unspecified atom stereocenters. The second-order valence-corrected chi connectivity index (χ2v) is 6.56. The molecule has 112 valence electrons. The number of rotatable bonds is 2. The van der Waals surface area contributed by atoms with Gasteiger partial charge in [0.1, 0.15) is 12.1 Å². The van der Waals surface area contributed by atoms with Crippen LogP contribution in [0.1, 0.15) is 12.5 Å². The van der Waals surface area contributed by atoms with Gasteiger partial charge in [-0.05, 0) is 19.1 Å². The van der Waals surface area contributed by atoms with Crippen LogP contribution in [-0.2, 0) is 20.4 Å². The van der Waals surface area contributed by atoms with Crippen molar-refractivity contribution < 1.29 is 18.9 Å². The largest absolute Gasteiger partial charge is 0.370 e. The third-order valence-electron chi connectivity index (χ3n) is 3.65. The molecular formula is C13H15N3O4S. The zero-order valence-electron chi connectivity index (χ0n) is 11.6. The summed E-state index contributed by atoms with van der Waals surface area (Å²) in [4.78, 5) is 17.0. The van der Waals surface area contributed by atoms with Crippen LogP contribution in [0.4, 0.5) is 0 Å². The van der Waals surface area contributed by atoms with Gasteiger partial charge in [0, 0.05) is 27.5 Å². The number of nitrogens with one attached hydrogen (secondary N) is 1. The smallest absolute Gasteiger partial charge is 0.346 e. The summed E-state index contributed by atoms with van der Waals surface area (Å²) >= 11 is 0. The van der Waals surface area contributed by atoms with E-state index in [1.807, 2.05) is 0 Å². The zero-order valence-corrected chi connectivity index (χ0v) is 12.4. The number of fused-ring (bicyclic) bond motifs is 2. The van der Waals surface area contributed by atoms with E-state index >= 15 is 0 Å². The van der Waals surface area contributed by atoms with Crippen LogP contribution in [0.25, 0.3) is 0 Å². The molecule has 0 aromatic heterocycles. The molecule has 7 nitrogen and oxygen atoms in total. The summed E-state index contributed by atoms with van der Waals surface area (Å²) in [7, 11) is -1.05. The summed E-state index contributed by atoms with van der Waals surface area (Å²) in [6.07, 6.45) is 0.607. The molecular weight excluding hydrogens is 294 g/mol. The monoisotopic (exact) mass is 309 g/mol. The Morgan fingerprint density at radius 3 is 2.76 bits per heavy atom. The Morgan fingerprint density at radius 1 is 1.48 bits per heavy atom. The number of benzene rings is 1. The lowest BCUT2D eigenvalue weighted by Gasteiger charge is -2.28. The third-order valence-corrected chi connectivity index (χ3v) is 4.58. The second-order valence-electron chi connectivity index (χ2n) is 5.18. The highest BCUT2D eigenvalue weighted by Crippen LogP contribution is 2.30. The topological polar surface area (TPSA) is 91.2 Å². The first kappa shape index (κ1) is 14.2. The average Bonchev–Trinajstić information content (AvgIpc) is 2.63. The summed E-state index contributed by atoms with van der Waals surface area (Å²) in [5.41, 5.74) is 2.92. The number of hydrazone groups is 1. The molecule has 1 aromatic rings. The lowest BCUT2D eigenvalue weighted by atomic mass is 9.90. The van der Waals surface area contributed by atoms with Crippen LogP contribution >= 0.6 is 0 Å². The second kappa shape index (κ2) is 4.90. The van der Waals surface area contributed by atoms with E-state index in [0.29, 0.717) is 10.6 Å². The summed E-state index contributed by atoms with van der Waals surface area (Å²) < 4.78 is 11.4. The van der Waals surface area contributed by atoms with Crippen LogP contribution in [0.2, 0.25) is 0 Å².